The maximum Gasteiger partial charge on any atom is 0.322 e. The number of rotatable bonds is 9. The standard InChI is InChI=1S/C24H28ClN3O/c1-2-3-7-15-28(24(29)26-22-13-8-12-21(25)17-22)19-23-14-9-16-27(23)18-20-10-5-4-6-11-20/h4-6,8-14,16-17H,2-3,7,15,18-19H2,1H3,(H,26,29). The zero-order chi connectivity index (χ0) is 20.5. The highest BCUT2D eigenvalue weighted by Crippen LogP contribution is 2.17. The van der Waals surface area contributed by atoms with E-state index < -0.39 is 0 Å². The van der Waals surface area contributed by atoms with Gasteiger partial charge in [-0.05, 0) is 42.3 Å². The van der Waals surface area contributed by atoms with E-state index in [1.165, 1.54) is 5.56 Å². The molecule has 5 heteroatoms. The third kappa shape index (κ3) is 6.40. The van der Waals surface area contributed by atoms with Crippen LogP contribution in [0.2, 0.25) is 5.02 Å². The van der Waals surface area contributed by atoms with E-state index in [0.717, 1.165) is 38.0 Å². The van der Waals surface area contributed by atoms with E-state index in [1.54, 1.807) is 12.1 Å². The van der Waals surface area contributed by atoms with Crippen LogP contribution >= 0.6 is 11.6 Å². The first-order valence-corrected chi connectivity index (χ1v) is 10.5. The molecule has 1 aromatic heterocycles. The highest BCUT2D eigenvalue weighted by Gasteiger charge is 2.16. The summed E-state index contributed by atoms with van der Waals surface area (Å²) in [5.41, 5.74) is 3.07. The molecule has 1 N–H and O–H groups in total. The highest BCUT2D eigenvalue weighted by atomic mass is 35.5. The van der Waals surface area contributed by atoms with Gasteiger partial charge < -0.3 is 14.8 Å². The third-order valence-electron chi connectivity index (χ3n) is 4.87. The smallest absolute Gasteiger partial charge is 0.322 e. The molecule has 0 aliphatic rings. The molecule has 0 radical (unpaired) electrons. The number of carbonyl (C=O) groups is 1. The van der Waals surface area contributed by atoms with E-state index >= 15 is 0 Å². The van der Waals surface area contributed by atoms with Crippen molar-refractivity contribution in [1.82, 2.24) is 9.47 Å². The van der Waals surface area contributed by atoms with Crippen molar-refractivity contribution in [3.05, 3.63) is 89.2 Å². The predicted octanol–water partition coefficient (Wildman–Crippen LogP) is 6.41. The molecule has 29 heavy (non-hydrogen) atoms. The van der Waals surface area contributed by atoms with Crippen molar-refractivity contribution < 1.29 is 4.79 Å². The molecule has 1 heterocycles. The molecule has 3 aromatic rings. The second kappa shape index (κ2) is 10.7. The Morgan fingerprint density at radius 1 is 1.03 bits per heavy atom. The van der Waals surface area contributed by atoms with E-state index in [-0.39, 0.29) is 6.03 Å². The van der Waals surface area contributed by atoms with E-state index in [2.05, 4.69) is 41.2 Å². The fraction of sp³-hybridized carbons (Fsp3) is 0.292. The average molecular weight is 410 g/mol. The van der Waals surface area contributed by atoms with Crippen LogP contribution in [0.25, 0.3) is 0 Å². The van der Waals surface area contributed by atoms with Gasteiger partial charge in [0.2, 0.25) is 0 Å². The topological polar surface area (TPSA) is 37.3 Å². The lowest BCUT2D eigenvalue weighted by Crippen LogP contribution is -2.36. The number of hydrogen-bond donors (Lipinski definition) is 1. The molecular weight excluding hydrogens is 382 g/mol. The van der Waals surface area contributed by atoms with Crippen molar-refractivity contribution in [2.24, 2.45) is 0 Å². The van der Waals surface area contributed by atoms with E-state index in [4.69, 9.17) is 11.6 Å². The average Bonchev–Trinajstić information content (AvgIpc) is 3.14. The molecule has 0 aliphatic heterocycles. The van der Waals surface area contributed by atoms with Gasteiger partial charge in [-0.15, -0.1) is 0 Å². The Kier molecular flexibility index (Phi) is 7.77. The summed E-state index contributed by atoms with van der Waals surface area (Å²) < 4.78 is 2.20. The van der Waals surface area contributed by atoms with Crippen molar-refractivity contribution in [3.63, 3.8) is 0 Å². The molecule has 0 atom stereocenters. The van der Waals surface area contributed by atoms with E-state index in [1.807, 2.05) is 41.3 Å². The van der Waals surface area contributed by atoms with Gasteiger partial charge in [-0.3, -0.25) is 0 Å². The van der Waals surface area contributed by atoms with Gasteiger partial charge in [0.25, 0.3) is 0 Å². The van der Waals surface area contributed by atoms with Crippen LogP contribution in [0, 0.1) is 0 Å². The van der Waals surface area contributed by atoms with Gasteiger partial charge in [0, 0.05) is 35.7 Å². The summed E-state index contributed by atoms with van der Waals surface area (Å²) in [5.74, 6) is 0. The predicted molar refractivity (Wildman–Crippen MR) is 120 cm³/mol. The summed E-state index contributed by atoms with van der Waals surface area (Å²) in [6.45, 7) is 4.25. The molecule has 2 aromatic carbocycles. The summed E-state index contributed by atoms with van der Waals surface area (Å²) in [6, 6.07) is 21.6. The number of anilines is 1. The number of halogens is 1. The Morgan fingerprint density at radius 3 is 2.62 bits per heavy atom. The quantitative estimate of drug-likeness (QED) is 0.407. The van der Waals surface area contributed by atoms with Crippen molar-refractivity contribution in [3.8, 4) is 0 Å². The minimum absolute atomic E-state index is 0.101. The fourth-order valence-electron chi connectivity index (χ4n) is 3.30. The van der Waals surface area contributed by atoms with Crippen LogP contribution in [-0.2, 0) is 13.1 Å². The lowest BCUT2D eigenvalue weighted by molar-refractivity contribution is 0.206. The molecule has 4 nitrogen and oxygen atoms in total. The summed E-state index contributed by atoms with van der Waals surface area (Å²) >= 11 is 6.05. The highest BCUT2D eigenvalue weighted by molar-refractivity contribution is 6.30. The van der Waals surface area contributed by atoms with Crippen molar-refractivity contribution in [1.29, 1.82) is 0 Å². The molecule has 152 valence electrons. The maximum atomic E-state index is 13.0. The number of carbonyl (C=O) groups excluding carboxylic acids is 1. The number of unbranched alkanes of at least 4 members (excludes halogenated alkanes) is 2. The van der Waals surface area contributed by atoms with Crippen molar-refractivity contribution in [2.45, 2.75) is 39.3 Å². The van der Waals surface area contributed by atoms with E-state index in [9.17, 15) is 4.79 Å². The second-order valence-corrected chi connectivity index (χ2v) is 7.62. The maximum absolute atomic E-state index is 13.0. The molecule has 0 saturated carbocycles. The Balaban J connectivity index is 1.72. The monoisotopic (exact) mass is 409 g/mol. The van der Waals surface area contributed by atoms with Crippen molar-refractivity contribution in [2.75, 3.05) is 11.9 Å². The third-order valence-corrected chi connectivity index (χ3v) is 5.10. The number of nitrogens with one attached hydrogen (secondary N) is 1. The fourth-order valence-corrected chi connectivity index (χ4v) is 3.49. The Labute approximate surface area is 178 Å². The van der Waals surface area contributed by atoms with Crippen LogP contribution < -0.4 is 5.32 Å². The first-order valence-electron chi connectivity index (χ1n) is 10.1. The molecule has 0 saturated heterocycles. The molecule has 0 unspecified atom stereocenters. The molecule has 0 fully saturated rings. The number of hydrogen-bond acceptors (Lipinski definition) is 1. The minimum Gasteiger partial charge on any atom is -0.345 e. The summed E-state index contributed by atoms with van der Waals surface area (Å²) in [7, 11) is 0. The number of amides is 2. The summed E-state index contributed by atoms with van der Waals surface area (Å²) in [6.07, 6.45) is 5.28. The molecule has 0 bridgehead atoms. The second-order valence-electron chi connectivity index (χ2n) is 7.18. The van der Waals surface area contributed by atoms with Gasteiger partial charge in [-0.2, -0.15) is 0 Å². The number of nitrogens with zero attached hydrogens (tertiary/aromatic N) is 2. The van der Waals surface area contributed by atoms with Crippen LogP contribution in [-0.4, -0.2) is 22.0 Å². The Morgan fingerprint density at radius 2 is 1.86 bits per heavy atom. The van der Waals surface area contributed by atoms with Crippen LogP contribution in [0.15, 0.2) is 72.9 Å². The van der Waals surface area contributed by atoms with Crippen LogP contribution in [0.4, 0.5) is 10.5 Å². The molecule has 2 amide bonds. The van der Waals surface area contributed by atoms with Gasteiger partial charge in [0.05, 0.1) is 6.54 Å². The van der Waals surface area contributed by atoms with Gasteiger partial charge in [-0.1, -0.05) is 67.8 Å². The first kappa shape index (κ1) is 21.0. The zero-order valence-corrected chi connectivity index (χ0v) is 17.6. The normalized spacial score (nSPS) is 10.7. The number of aromatic nitrogens is 1. The largest absolute Gasteiger partial charge is 0.345 e. The molecular formula is C24H28ClN3O. The van der Waals surface area contributed by atoms with Crippen molar-refractivity contribution >= 4 is 23.3 Å². The molecule has 0 aliphatic carbocycles. The van der Waals surface area contributed by atoms with Gasteiger partial charge in [0.15, 0.2) is 0 Å². The SMILES string of the molecule is CCCCCN(Cc1cccn1Cc1ccccc1)C(=O)Nc1cccc(Cl)c1. The molecule has 3 rings (SSSR count). The lowest BCUT2D eigenvalue weighted by atomic mass is 10.2. The van der Waals surface area contributed by atoms with Gasteiger partial charge >= 0.3 is 6.03 Å². The zero-order valence-electron chi connectivity index (χ0n) is 16.9. The summed E-state index contributed by atoms with van der Waals surface area (Å²) in [4.78, 5) is 14.9. The Hall–Kier alpha value is -2.72. The van der Waals surface area contributed by atoms with Gasteiger partial charge in [-0.25, -0.2) is 4.79 Å². The van der Waals surface area contributed by atoms with E-state index in [0.29, 0.717) is 17.3 Å². The Bertz CT molecular complexity index is 907. The number of benzene rings is 2. The minimum atomic E-state index is -0.101. The van der Waals surface area contributed by atoms with Gasteiger partial charge in [0.1, 0.15) is 0 Å². The summed E-state index contributed by atoms with van der Waals surface area (Å²) in [5, 5.41) is 3.59. The first-order chi connectivity index (χ1) is 14.2. The van der Waals surface area contributed by atoms with Crippen LogP contribution in [0.3, 0.4) is 0 Å². The lowest BCUT2D eigenvalue weighted by Gasteiger charge is -2.24. The van der Waals surface area contributed by atoms with Crippen LogP contribution in [0.1, 0.15) is 37.4 Å². The van der Waals surface area contributed by atoms with Crippen LogP contribution in [0.5, 0.6) is 0 Å². The number of urea groups is 1. The molecule has 0 spiro atoms.